The van der Waals surface area contributed by atoms with Crippen LogP contribution in [-0.2, 0) is 0 Å². The van der Waals surface area contributed by atoms with Gasteiger partial charge in [0.15, 0.2) is 0 Å². The smallest absolute Gasteiger partial charge is 0.272 e. The highest BCUT2D eigenvalue weighted by Crippen LogP contribution is 2.28. The number of nitrogens with two attached hydrogens (primary N) is 1. The summed E-state index contributed by atoms with van der Waals surface area (Å²) in [6.45, 7) is 1.63. The largest absolute Gasteiger partial charge is 0.336 e. The maximum Gasteiger partial charge on any atom is 0.272 e. The van der Waals surface area contributed by atoms with Crippen LogP contribution in [0.15, 0.2) is 18.3 Å². The van der Waals surface area contributed by atoms with Crippen molar-refractivity contribution in [2.75, 3.05) is 25.6 Å². The summed E-state index contributed by atoms with van der Waals surface area (Å²) in [5, 5.41) is 0. The number of pyridine rings is 1. The molecule has 6 nitrogen and oxygen atoms in total. The van der Waals surface area contributed by atoms with Crippen LogP contribution in [-0.4, -0.2) is 52.9 Å². The van der Waals surface area contributed by atoms with E-state index in [0.717, 1.165) is 19.5 Å². The summed E-state index contributed by atoms with van der Waals surface area (Å²) in [5.74, 6) is 5.33. The summed E-state index contributed by atoms with van der Waals surface area (Å²) in [7, 11) is 2.18. The fourth-order valence-corrected chi connectivity index (χ4v) is 3.26. The van der Waals surface area contributed by atoms with Gasteiger partial charge in [0, 0.05) is 25.2 Å². The van der Waals surface area contributed by atoms with Crippen molar-refractivity contribution >= 4 is 11.6 Å². The van der Waals surface area contributed by atoms with E-state index in [4.69, 9.17) is 5.84 Å². The molecule has 1 amide bonds. The summed E-state index contributed by atoms with van der Waals surface area (Å²) in [6.07, 6.45) is 5.09. The first kappa shape index (κ1) is 13.3. The Kier molecular flexibility index (Phi) is 3.58. The van der Waals surface area contributed by atoms with Gasteiger partial charge in [-0.3, -0.25) is 15.5 Å². The van der Waals surface area contributed by atoms with Crippen molar-refractivity contribution in [3.8, 4) is 0 Å². The van der Waals surface area contributed by atoms with Crippen LogP contribution in [0.1, 0.15) is 29.8 Å². The van der Waals surface area contributed by atoms with Gasteiger partial charge in [-0.25, -0.2) is 4.98 Å². The van der Waals surface area contributed by atoms with E-state index in [1.807, 2.05) is 4.90 Å². The van der Waals surface area contributed by atoms with Crippen LogP contribution in [0.5, 0.6) is 0 Å². The Bertz CT molecular complexity index is 489. The van der Waals surface area contributed by atoms with Crippen molar-refractivity contribution in [2.45, 2.75) is 31.3 Å². The SMILES string of the molecule is CN1C2CCC1CN(C(=O)c1ccc(NN)cn1)CC2. The Morgan fingerprint density at radius 3 is 2.85 bits per heavy atom. The molecule has 0 radical (unpaired) electrons. The minimum absolute atomic E-state index is 0.0227. The van der Waals surface area contributed by atoms with E-state index in [1.165, 1.54) is 12.8 Å². The van der Waals surface area contributed by atoms with Crippen LogP contribution in [0, 0.1) is 0 Å². The standard InChI is InChI=1S/C14H21N5O/c1-18-11-3-4-12(18)9-19(7-6-11)14(20)13-5-2-10(17-15)8-16-13/h2,5,8,11-12,17H,3-4,6-7,9,15H2,1H3. The number of nitrogen functional groups attached to an aromatic ring is 1. The molecule has 108 valence electrons. The zero-order chi connectivity index (χ0) is 14.1. The molecule has 2 unspecified atom stereocenters. The van der Waals surface area contributed by atoms with E-state index >= 15 is 0 Å². The van der Waals surface area contributed by atoms with Crippen molar-refractivity contribution in [1.29, 1.82) is 0 Å². The van der Waals surface area contributed by atoms with E-state index in [2.05, 4.69) is 22.4 Å². The fraction of sp³-hybridized carbons (Fsp3) is 0.571. The Balaban J connectivity index is 1.73. The van der Waals surface area contributed by atoms with Gasteiger partial charge in [-0.15, -0.1) is 0 Å². The van der Waals surface area contributed by atoms with Crippen LogP contribution in [0.2, 0.25) is 0 Å². The number of hydrazine groups is 1. The molecule has 2 bridgehead atoms. The monoisotopic (exact) mass is 275 g/mol. The quantitative estimate of drug-likeness (QED) is 0.613. The molecular formula is C14H21N5O. The zero-order valence-electron chi connectivity index (χ0n) is 11.7. The summed E-state index contributed by atoms with van der Waals surface area (Å²) in [6, 6.07) is 4.63. The van der Waals surface area contributed by atoms with Crippen LogP contribution in [0.25, 0.3) is 0 Å². The minimum atomic E-state index is 0.0227. The van der Waals surface area contributed by atoms with Gasteiger partial charge in [0.1, 0.15) is 5.69 Å². The molecular weight excluding hydrogens is 254 g/mol. The Labute approximate surface area is 118 Å². The normalized spacial score (nSPS) is 26.4. The average molecular weight is 275 g/mol. The van der Waals surface area contributed by atoms with Crippen molar-refractivity contribution in [2.24, 2.45) is 5.84 Å². The molecule has 0 spiro atoms. The van der Waals surface area contributed by atoms with Gasteiger partial charge in [0.25, 0.3) is 5.91 Å². The topological polar surface area (TPSA) is 74.5 Å². The zero-order valence-corrected chi connectivity index (χ0v) is 11.7. The van der Waals surface area contributed by atoms with Crippen molar-refractivity contribution < 1.29 is 4.79 Å². The molecule has 2 saturated heterocycles. The second-order valence-electron chi connectivity index (χ2n) is 5.67. The van der Waals surface area contributed by atoms with Gasteiger partial charge in [0.05, 0.1) is 11.9 Å². The highest BCUT2D eigenvalue weighted by Gasteiger charge is 2.36. The lowest BCUT2D eigenvalue weighted by atomic mass is 10.1. The van der Waals surface area contributed by atoms with Gasteiger partial charge in [-0.1, -0.05) is 0 Å². The number of carbonyl (C=O) groups is 1. The van der Waals surface area contributed by atoms with Crippen molar-refractivity contribution in [3.05, 3.63) is 24.0 Å². The van der Waals surface area contributed by atoms with E-state index in [9.17, 15) is 4.79 Å². The third kappa shape index (κ3) is 2.36. The lowest BCUT2D eigenvalue weighted by molar-refractivity contribution is 0.0734. The molecule has 20 heavy (non-hydrogen) atoms. The number of hydrogen-bond donors (Lipinski definition) is 2. The minimum Gasteiger partial charge on any atom is -0.336 e. The molecule has 3 N–H and O–H groups in total. The molecule has 1 aromatic heterocycles. The molecule has 3 heterocycles. The van der Waals surface area contributed by atoms with E-state index < -0.39 is 0 Å². The van der Waals surface area contributed by atoms with Crippen LogP contribution in [0.3, 0.4) is 0 Å². The number of hydrogen-bond acceptors (Lipinski definition) is 5. The first-order valence-corrected chi connectivity index (χ1v) is 7.13. The molecule has 0 saturated carbocycles. The Morgan fingerprint density at radius 1 is 1.35 bits per heavy atom. The van der Waals surface area contributed by atoms with Gasteiger partial charge in [-0.2, -0.15) is 0 Å². The maximum absolute atomic E-state index is 12.5. The number of likely N-dealkylation sites (N-methyl/N-ethyl adjacent to an activating group) is 1. The molecule has 2 aliphatic heterocycles. The lowest BCUT2D eigenvalue weighted by Gasteiger charge is -2.25. The van der Waals surface area contributed by atoms with E-state index in [1.54, 1.807) is 18.3 Å². The van der Waals surface area contributed by atoms with E-state index in [0.29, 0.717) is 23.5 Å². The molecule has 1 aromatic rings. The number of aromatic nitrogens is 1. The predicted molar refractivity (Wildman–Crippen MR) is 77.1 cm³/mol. The summed E-state index contributed by atoms with van der Waals surface area (Å²) >= 11 is 0. The Hall–Kier alpha value is -1.66. The number of nitrogens with zero attached hydrogens (tertiary/aromatic N) is 3. The molecule has 2 fully saturated rings. The van der Waals surface area contributed by atoms with E-state index in [-0.39, 0.29) is 5.91 Å². The molecule has 3 rings (SSSR count). The second-order valence-corrected chi connectivity index (χ2v) is 5.67. The number of anilines is 1. The van der Waals surface area contributed by atoms with Gasteiger partial charge < -0.3 is 10.3 Å². The summed E-state index contributed by atoms with van der Waals surface area (Å²) < 4.78 is 0. The summed E-state index contributed by atoms with van der Waals surface area (Å²) in [5.41, 5.74) is 3.71. The predicted octanol–water partition coefficient (Wildman–Crippen LogP) is 0.676. The maximum atomic E-state index is 12.5. The third-order valence-corrected chi connectivity index (χ3v) is 4.58. The number of nitrogens with one attached hydrogen (secondary N) is 1. The second kappa shape index (κ2) is 5.38. The summed E-state index contributed by atoms with van der Waals surface area (Å²) in [4.78, 5) is 21.1. The highest BCUT2D eigenvalue weighted by atomic mass is 16.2. The van der Waals surface area contributed by atoms with Crippen molar-refractivity contribution in [3.63, 3.8) is 0 Å². The number of likely N-dealkylation sites (tertiary alicyclic amines) is 1. The first-order valence-electron chi connectivity index (χ1n) is 7.13. The van der Waals surface area contributed by atoms with Gasteiger partial charge in [0.2, 0.25) is 0 Å². The molecule has 0 aromatic carbocycles. The van der Waals surface area contributed by atoms with Crippen LogP contribution >= 0.6 is 0 Å². The number of carbonyl (C=O) groups excluding carboxylic acids is 1. The molecule has 2 atom stereocenters. The molecule has 2 aliphatic rings. The van der Waals surface area contributed by atoms with Crippen LogP contribution in [0.4, 0.5) is 5.69 Å². The third-order valence-electron chi connectivity index (χ3n) is 4.58. The average Bonchev–Trinajstić information content (AvgIpc) is 2.72. The lowest BCUT2D eigenvalue weighted by Crippen LogP contribution is -2.40. The Morgan fingerprint density at radius 2 is 2.15 bits per heavy atom. The van der Waals surface area contributed by atoms with Crippen molar-refractivity contribution in [1.82, 2.24) is 14.8 Å². The highest BCUT2D eigenvalue weighted by molar-refractivity contribution is 5.92. The number of amides is 1. The first-order chi connectivity index (χ1) is 9.69. The van der Waals surface area contributed by atoms with Gasteiger partial charge >= 0.3 is 0 Å². The van der Waals surface area contributed by atoms with Gasteiger partial charge in [-0.05, 0) is 38.4 Å². The fourth-order valence-electron chi connectivity index (χ4n) is 3.26. The molecule has 6 heteroatoms. The molecule has 0 aliphatic carbocycles. The number of rotatable bonds is 2. The number of fused-ring (bicyclic) bond motifs is 2. The van der Waals surface area contributed by atoms with Crippen LogP contribution < -0.4 is 11.3 Å².